The molecule has 2 aliphatic rings. The van der Waals surface area contributed by atoms with Crippen molar-refractivity contribution in [1.29, 1.82) is 0 Å². The van der Waals surface area contributed by atoms with Gasteiger partial charge in [-0.3, -0.25) is 0 Å². The normalized spacial score (nSPS) is 12.2. The average molecular weight is 1500 g/mol. The summed E-state index contributed by atoms with van der Waals surface area (Å²) in [6, 6.07) is 144. The van der Waals surface area contributed by atoms with E-state index < -0.39 is 0 Å². The zero-order chi connectivity index (χ0) is 72.3. The van der Waals surface area contributed by atoms with Crippen molar-refractivity contribution in [3.63, 3.8) is 0 Å². The van der Waals surface area contributed by atoms with Gasteiger partial charge in [-0.05, 0) is 156 Å². The van der Waals surface area contributed by atoms with E-state index in [4.69, 9.17) is 0 Å². The number of nitrogens with one attached hydrogen (secondary N) is 1. The van der Waals surface area contributed by atoms with Crippen LogP contribution in [0.4, 0.5) is 34.1 Å². The average Bonchev–Trinajstić information content (AvgIpc) is 1.55. The highest BCUT2D eigenvalue weighted by molar-refractivity contribution is 9.10. The van der Waals surface area contributed by atoms with Crippen molar-refractivity contribution in [2.24, 2.45) is 0 Å². The second-order valence-corrected chi connectivity index (χ2v) is 30.3. The molecule has 16 aromatic carbocycles. The predicted molar refractivity (Wildman–Crippen MR) is 464 cm³/mol. The largest absolute Gasteiger partial charge is 0.353 e. The molecular formula is C100H67BrN6S2. The molecule has 2 aliphatic heterocycles. The van der Waals surface area contributed by atoms with E-state index in [1.807, 2.05) is 23.5 Å². The Kier molecular flexibility index (Phi) is 16.8. The molecule has 109 heavy (non-hydrogen) atoms. The molecule has 0 unspecified atom stereocenters. The number of hydrogen-bond acceptors (Lipinski definition) is 4. The van der Waals surface area contributed by atoms with Gasteiger partial charge in [0.1, 0.15) is 0 Å². The quantitative estimate of drug-likeness (QED) is 0.156. The van der Waals surface area contributed by atoms with E-state index >= 15 is 0 Å². The fourth-order valence-electron chi connectivity index (χ4n) is 16.3. The van der Waals surface area contributed by atoms with Crippen LogP contribution in [-0.2, 0) is 0 Å². The molecule has 0 amide bonds. The smallest absolute Gasteiger partial charge is 0.0789 e. The standard InChI is InChI=1S/C50H33N3S.C32H22N2.C18H12BrNS/c1-4-16-34(17-5-1)47-41-33-32-40-39-22-10-11-23-42(39)52(49(40)50(41)53(36-20-8-3-9-21-36)48(47)35-18-6-2-7-19-35)38-30-28-37(29-31-38)51-43-24-12-14-26-45(43)54-46-27-15-13-25-44(46)51;1-4-12-22(13-5-1)29-27-21-20-26-25-18-10-11-19-28(25)33-30(26)32(27)34(24-16-8-3-9-17-24)31(29)23-14-6-2-7-15-23;19-13-9-11-14(12-10-13)20-15-5-1-3-7-17(15)21-18-8-4-2-6-16(18)20/h1-33H;1-21,33H;1-12H. The van der Waals surface area contributed by atoms with E-state index in [1.165, 1.54) is 153 Å². The summed E-state index contributed by atoms with van der Waals surface area (Å²) < 4.78 is 8.51. The van der Waals surface area contributed by atoms with Crippen LogP contribution in [-0.4, -0.2) is 18.7 Å². The Morgan fingerprint density at radius 2 is 0.560 bits per heavy atom. The van der Waals surface area contributed by atoms with Crippen molar-refractivity contribution in [2.75, 3.05) is 9.80 Å². The Morgan fingerprint density at radius 1 is 0.229 bits per heavy atom. The second kappa shape index (κ2) is 28.0. The number of aromatic nitrogens is 4. The molecule has 22 rings (SSSR count). The summed E-state index contributed by atoms with van der Waals surface area (Å²) in [4.78, 5) is 13.6. The van der Waals surface area contributed by atoms with Gasteiger partial charge in [-0.25, -0.2) is 0 Å². The SMILES string of the molecule is Brc1ccc(N2c3ccccc3Sc3ccccc32)cc1.c1ccc(-c2c(-c3ccccc3)n(-c3ccccc3)c3c2ccc2c4ccccc4[nH]c23)cc1.c1ccc(-c2c(-c3ccccc3)n(-c3ccccc3)c3c2ccc2c4ccccc4n(-c4ccc(N5c6ccccc6Sc6ccccc65)cc4)c23)cc1. The zero-order valence-electron chi connectivity index (χ0n) is 59.0. The topological polar surface area (TPSA) is 37.1 Å². The van der Waals surface area contributed by atoms with Gasteiger partial charge in [-0.2, -0.15) is 0 Å². The summed E-state index contributed by atoms with van der Waals surface area (Å²) in [6.45, 7) is 0. The summed E-state index contributed by atoms with van der Waals surface area (Å²) >= 11 is 7.18. The fourth-order valence-corrected chi connectivity index (χ4v) is 18.7. The first-order chi connectivity index (χ1) is 54.1. The van der Waals surface area contributed by atoms with Crippen molar-refractivity contribution in [3.8, 4) is 61.8 Å². The first kappa shape index (κ1) is 65.5. The summed E-state index contributed by atoms with van der Waals surface area (Å²) in [7, 11) is 0. The Hall–Kier alpha value is -13.0. The Balaban J connectivity index is 0.000000120. The number of H-pyrrole nitrogens is 1. The molecule has 1 N–H and O–H groups in total. The van der Waals surface area contributed by atoms with Gasteiger partial charge >= 0.3 is 0 Å². The van der Waals surface area contributed by atoms with Crippen LogP contribution in [0.5, 0.6) is 0 Å². The van der Waals surface area contributed by atoms with Crippen LogP contribution in [0.3, 0.4) is 0 Å². The number of aromatic amines is 1. The molecule has 9 heteroatoms. The van der Waals surface area contributed by atoms with Crippen LogP contribution in [0.25, 0.3) is 127 Å². The molecule has 0 fully saturated rings. The third-order valence-corrected chi connectivity index (χ3v) is 23.7. The number of nitrogens with zero attached hydrogens (tertiary/aromatic N) is 5. The van der Waals surface area contributed by atoms with Crippen LogP contribution >= 0.6 is 39.5 Å². The first-order valence-electron chi connectivity index (χ1n) is 36.8. The van der Waals surface area contributed by atoms with Crippen LogP contribution in [0, 0.1) is 0 Å². The van der Waals surface area contributed by atoms with Gasteiger partial charge in [-0.1, -0.05) is 306 Å². The Morgan fingerprint density at radius 3 is 1.04 bits per heavy atom. The minimum absolute atomic E-state index is 1.10. The van der Waals surface area contributed by atoms with Crippen LogP contribution in [0.2, 0.25) is 0 Å². The molecule has 20 aromatic rings. The molecule has 0 aliphatic carbocycles. The van der Waals surface area contributed by atoms with E-state index in [-0.39, 0.29) is 0 Å². The third kappa shape index (κ3) is 11.5. The monoisotopic (exact) mass is 1490 g/mol. The van der Waals surface area contributed by atoms with Crippen molar-refractivity contribution in [2.45, 2.75) is 19.6 Å². The molecule has 0 radical (unpaired) electrons. The lowest BCUT2D eigenvalue weighted by molar-refractivity contribution is 1.12. The fraction of sp³-hybridized carbons (Fsp3) is 0. The number of benzene rings is 16. The molecule has 0 saturated carbocycles. The summed E-state index contributed by atoms with van der Waals surface area (Å²) in [5.41, 5.74) is 27.4. The summed E-state index contributed by atoms with van der Waals surface area (Å²) in [5, 5.41) is 7.42. The lowest BCUT2D eigenvalue weighted by atomic mass is 9.98. The van der Waals surface area contributed by atoms with E-state index in [0.29, 0.717) is 0 Å². The van der Waals surface area contributed by atoms with Gasteiger partial charge in [0, 0.05) is 101 Å². The summed E-state index contributed by atoms with van der Waals surface area (Å²) in [5.74, 6) is 0. The van der Waals surface area contributed by atoms with Gasteiger partial charge in [0.15, 0.2) is 0 Å². The van der Waals surface area contributed by atoms with E-state index in [0.717, 1.165) is 32.7 Å². The van der Waals surface area contributed by atoms with Crippen molar-refractivity contribution in [1.82, 2.24) is 18.7 Å². The minimum Gasteiger partial charge on any atom is -0.353 e. The van der Waals surface area contributed by atoms with Gasteiger partial charge < -0.3 is 28.5 Å². The van der Waals surface area contributed by atoms with Crippen LogP contribution in [0.1, 0.15) is 0 Å². The first-order valence-corrected chi connectivity index (χ1v) is 39.2. The minimum atomic E-state index is 1.10. The number of fused-ring (bicyclic) bond motifs is 14. The van der Waals surface area contributed by atoms with Gasteiger partial charge in [-0.15, -0.1) is 0 Å². The molecule has 6 nitrogen and oxygen atoms in total. The zero-order valence-corrected chi connectivity index (χ0v) is 62.3. The molecule has 0 spiro atoms. The molecule has 0 saturated heterocycles. The number of halogens is 1. The van der Waals surface area contributed by atoms with Crippen LogP contribution < -0.4 is 9.80 Å². The van der Waals surface area contributed by atoms with Gasteiger partial charge in [0.2, 0.25) is 0 Å². The molecular weight excluding hydrogens is 1430 g/mol. The highest BCUT2D eigenvalue weighted by Gasteiger charge is 2.30. The maximum Gasteiger partial charge on any atom is 0.0789 e. The van der Waals surface area contributed by atoms with Gasteiger partial charge in [0.25, 0.3) is 0 Å². The molecule has 516 valence electrons. The van der Waals surface area contributed by atoms with Crippen molar-refractivity contribution < 1.29 is 0 Å². The highest BCUT2D eigenvalue weighted by atomic mass is 79.9. The molecule has 6 heterocycles. The highest BCUT2D eigenvalue weighted by Crippen LogP contribution is 2.55. The third-order valence-electron chi connectivity index (χ3n) is 20.9. The number of para-hydroxylation sites is 8. The maximum absolute atomic E-state index is 3.75. The van der Waals surface area contributed by atoms with E-state index in [1.54, 1.807) is 0 Å². The number of anilines is 6. The van der Waals surface area contributed by atoms with Crippen molar-refractivity contribution >= 4 is 139 Å². The Labute approximate surface area is 648 Å². The van der Waals surface area contributed by atoms with E-state index in [9.17, 15) is 0 Å². The summed E-state index contributed by atoms with van der Waals surface area (Å²) in [6.07, 6.45) is 0. The molecule has 0 bridgehead atoms. The van der Waals surface area contributed by atoms with E-state index in [2.05, 4.69) is 445 Å². The second-order valence-electron chi connectivity index (χ2n) is 27.3. The Bertz CT molecular complexity index is 6690. The number of hydrogen-bond donors (Lipinski definition) is 1. The number of rotatable bonds is 9. The predicted octanol–water partition coefficient (Wildman–Crippen LogP) is 29.0. The van der Waals surface area contributed by atoms with Crippen LogP contribution in [0.15, 0.2) is 424 Å². The van der Waals surface area contributed by atoms with Crippen molar-refractivity contribution in [3.05, 3.63) is 405 Å². The lowest BCUT2D eigenvalue weighted by Crippen LogP contribution is -2.14. The lowest BCUT2D eigenvalue weighted by Gasteiger charge is -2.32. The molecule has 4 aromatic heterocycles. The van der Waals surface area contributed by atoms with Gasteiger partial charge in [0.05, 0.1) is 61.7 Å². The maximum atomic E-state index is 3.75. The molecule has 0 atom stereocenters.